The van der Waals surface area contributed by atoms with Crippen LogP contribution >= 0.6 is 0 Å². The lowest BCUT2D eigenvalue weighted by Gasteiger charge is -2.12. The van der Waals surface area contributed by atoms with E-state index in [1.165, 1.54) is 0 Å². The van der Waals surface area contributed by atoms with Gasteiger partial charge >= 0.3 is 0 Å². The van der Waals surface area contributed by atoms with Gasteiger partial charge in [0.15, 0.2) is 0 Å². The molecule has 0 aromatic carbocycles. The number of likely N-dealkylation sites (N-methyl/N-ethyl adjacent to an activating group) is 1. The molecule has 0 fully saturated rings. The van der Waals surface area contributed by atoms with Crippen molar-refractivity contribution in [1.29, 1.82) is 0 Å². The minimum Gasteiger partial charge on any atom is -0.387 e. The average molecular weight is 180 g/mol. The maximum Gasteiger partial charge on any atom is 0.0931 e. The zero-order chi connectivity index (χ0) is 9.68. The second-order valence-electron chi connectivity index (χ2n) is 3.06. The highest BCUT2D eigenvalue weighted by Gasteiger charge is 2.08. The monoisotopic (exact) mass is 180 g/mol. The quantitative estimate of drug-likeness (QED) is 0.727. The fourth-order valence-electron chi connectivity index (χ4n) is 1.22. The van der Waals surface area contributed by atoms with E-state index in [0.29, 0.717) is 6.54 Å². The predicted molar refractivity (Wildman–Crippen MR) is 52.5 cm³/mol. The molecule has 0 bridgehead atoms. The fraction of sp³-hybridized carbons (Fsp3) is 0.500. The number of nitrogens with zero attached hydrogens (tertiary/aromatic N) is 1. The summed E-state index contributed by atoms with van der Waals surface area (Å²) in [6, 6.07) is 1.91. The van der Waals surface area contributed by atoms with Gasteiger partial charge in [0.25, 0.3) is 0 Å². The molecule has 1 rings (SSSR count). The molecule has 0 radical (unpaired) electrons. The van der Waals surface area contributed by atoms with Crippen molar-refractivity contribution in [2.45, 2.75) is 20.0 Å². The molecule has 0 aliphatic heterocycles. The molecular weight excluding hydrogens is 164 g/mol. The molecule has 0 aliphatic carbocycles. The minimum absolute atomic E-state index is 0.450. The number of aryl methyl sites for hydroxylation is 1. The van der Waals surface area contributed by atoms with Crippen LogP contribution in [-0.2, 0) is 0 Å². The van der Waals surface area contributed by atoms with Gasteiger partial charge in [-0.25, -0.2) is 0 Å². The smallest absolute Gasteiger partial charge is 0.0931 e. The van der Waals surface area contributed by atoms with Crippen LogP contribution in [0, 0.1) is 6.92 Å². The molecule has 0 aliphatic rings. The van der Waals surface area contributed by atoms with E-state index in [9.17, 15) is 5.11 Å². The van der Waals surface area contributed by atoms with E-state index in [1.807, 2.05) is 19.9 Å². The molecule has 1 aromatic rings. The minimum atomic E-state index is -0.450. The molecule has 1 atom stereocenters. The highest BCUT2D eigenvalue weighted by molar-refractivity contribution is 5.23. The Balaban J connectivity index is 2.65. The molecule has 3 heteroatoms. The summed E-state index contributed by atoms with van der Waals surface area (Å²) >= 11 is 0. The van der Waals surface area contributed by atoms with Crippen LogP contribution in [0.2, 0.25) is 0 Å². The Morgan fingerprint density at radius 2 is 2.38 bits per heavy atom. The third kappa shape index (κ3) is 2.79. The largest absolute Gasteiger partial charge is 0.387 e. The highest BCUT2D eigenvalue weighted by atomic mass is 16.3. The van der Waals surface area contributed by atoms with Gasteiger partial charge in [0.2, 0.25) is 0 Å². The zero-order valence-electron chi connectivity index (χ0n) is 8.12. The van der Waals surface area contributed by atoms with Gasteiger partial charge in [-0.3, -0.25) is 4.98 Å². The van der Waals surface area contributed by atoms with Gasteiger partial charge in [-0.1, -0.05) is 6.92 Å². The van der Waals surface area contributed by atoms with Gasteiger partial charge in [0, 0.05) is 24.5 Å². The van der Waals surface area contributed by atoms with Crippen molar-refractivity contribution in [3.63, 3.8) is 0 Å². The van der Waals surface area contributed by atoms with Gasteiger partial charge in [-0.2, -0.15) is 0 Å². The Morgan fingerprint density at radius 1 is 1.62 bits per heavy atom. The van der Waals surface area contributed by atoms with Crippen molar-refractivity contribution in [2.24, 2.45) is 0 Å². The molecule has 0 saturated carbocycles. The summed E-state index contributed by atoms with van der Waals surface area (Å²) < 4.78 is 0. The van der Waals surface area contributed by atoms with Crippen LogP contribution in [0.1, 0.15) is 24.2 Å². The Labute approximate surface area is 78.8 Å². The molecule has 3 nitrogen and oxygen atoms in total. The maximum absolute atomic E-state index is 9.73. The van der Waals surface area contributed by atoms with Crippen LogP contribution in [0.25, 0.3) is 0 Å². The van der Waals surface area contributed by atoms with Crippen molar-refractivity contribution >= 4 is 0 Å². The number of rotatable bonds is 4. The van der Waals surface area contributed by atoms with E-state index >= 15 is 0 Å². The van der Waals surface area contributed by atoms with Crippen LogP contribution in [0.15, 0.2) is 18.5 Å². The van der Waals surface area contributed by atoms with E-state index in [-0.39, 0.29) is 0 Å². The Bertz CT molecular complexity index is 263. The van der Waals surface area contributed by atoms with Crippen LogP contribution < -0.4 is 5.32 Å². The number of hydrogen-bond donors (Lipinski definition) is 2. The van der Waals surface area contributed by atoms with Crippen LogP contribution in [0.5, 0.6) is 0 Å². The SMILES string of the molecule is CCNCC(O)c1cnccc1C. The molecule has 1 aromatic heterocycles. The fourth-order valence-corrected chi connectivity index (χ4v) is 1.22. The third-order valence-electron chi connectivity index (χ3n) is 2.03. The zero-order valence-corrected chi connectivity index (χ0v) is 8.12. The lowest BCUT2D eigenvalue weighted by Crippen LogP contribution is -2.21. The first-order valence-electron chi connectivity index (χ1n) is 4.55. The molecule has 0 amide bonds. The molecule has 0 spiro atoms. The van der Waals surface area contributed by atoms with Crippen molar-refractivity contribution < 1.29 is 5.11 Å². The molecular formula is C10H16N2O. The first-order chi connectivity index (χ1) is 6.25. The lowest BCUT2D eigenvalue weighted by molar-refractivity contribution is 0.174. The second kappa shape index (κ2) is 4.94. The summed E-state index contributed by atoms with van der Waals surface area (Å²) in [6.07, 6.45) is 3.00. The van der Waals surface area contributed by atoms with E-state index in [4.69, 9.17) is 0 Å². The highest BCUT2D eigenvalue weighted by Crippen LogP contribution is 2.14. The number of aliphatic hydroxyl groups excluding tert-OH is 1. The van der Waals surface area contributed by atoms with Crippen molar-refractivity contribution in [3.8, 4) is 0 Å². The molecule has 2 N–H and O–H groups in total. The standard InChI is InChI=1S/C10H16N2O/c1-3-11-7-10(13)9-6-12-5-4-8(9)2/h4-6,10-11,13H,3,7H2,1-2H3. The number of aromatic nitrogens is 1. The Hall–Kier alpha value is -0.930. The maximum atomic E-state index is 9.73. The summed E-state index contributed by atoms with van der Waals surface area (Å²) in [5, 5.41) is 12.8. The number of nitrogens with one attached hydrogen (secondary N) is 1. The van der Waals surface area contributed by atoms with Gasteiger partial charge in [0.1, 0.15) is 0 Å². The topological polar surface area (TPSA) is 45.1 Å². The van der Waals surface area contributed by atoms with Crippen molar-refractivity contribution in [2.75, 3.05) is 13.1 Å². The van der Waals surface area contributed by atoms with E-state index in [0.717, 1.165) is 17.7 Å². The van der Waals surface area contributed by atoms with Gasteiger partial charge in [0.05, 0.1) is 6.10 Å². The van der Waals surface area contributed by atoms with E-state index in [1.54, 1.807) is 12.4 Å². The number of pyridine rings is 1. The lowest BCUT2D eigenvalue weighted by atomic mass is 10.1. The first kappa shape index (κ1) is 10.2. The normalized spacial score (nSPS) is 12.8. The van der Waals surface area contributed by atoms with Crippen LogP contribution in [-0.4, -0.2) is 23.2 Å². The molecule has 0 saturated heterocycles. The summed E-state index contributed by atoms with van der Waals surface area (Å²) in [5.74, 6) is 0. The molecule has 1 heterocycles. The summed E-state index contributed by atoms with van der Waals surface area (Å²) in [6.45, 7) is 5.45. The van der Waals surface area contributed by atoms with E-state index < -0.39 is 6.10 Å². The second-order valence-corrected chi connectivity index (χ2v) is 3.06. The summed E-state index contributed by atoms with van der Waals surface area (Å²) in [4.78, 5) is 3.99. The van der Waals surface area contributed by atoms with Crippen LogP contribution in [0.3, 0.4) is 0 Å². The molecule has 1 unspecified atom stereocenters. The average Bonchev–Trinajstić information content (AvgIpc) is 2.15. The van der Waals surface area contributed by atoms with Crippen molar-refractivity contribution in [1.82, 2.24) is 10.3 Å². The molecule has 72 valence electrons. The van der Waals surface area contributed by atoms with Gasteiger partial charge in [-0.15, -0.1) is 0 Å². The van der Waals surface area contributed by atoms with Gasteiger partial charge < -0.3 is 10.4 Å². The Kier molecular flexibility index (Phi) is 3.86. The number of hydrogen-bond acceptors (Lipinski definition) is 3. The van der Waals surface area contributed by atoms with Gasteiger partial charge in [-0.05, 0) is 25.1 Å². The Morgan fingerprint density at radius 3 is 3.00 bits per heavy atom. The predicted octanol–water partition coefficient (Wildman–Crippen LogP) is 1.03. The summed E-state index contributed by atoms with van der Waals surface area (Å²) in [7, 11) is 0. The van der Waals surface area contributed by atoms with E-state index in [2.05, 4.69) is 10.3 Å². The third-order valence-corrected chi connectivity index (χ3v) is 2.03. The summed E-state index contributed by atoms with van der Waals surface area (Å²) in [5.41, 5.74) is 1.99. The van der Waals surface area contributed by atoms with Crippen LogP contribution in [0.4, 0.5) is 0 Å². The van der Waals surface area contributed by atoms with Crippen molar-refractivity contribution in [3.05, 3.63) is 29.6 Å². The number of aliphatic hydroxyl groups is 1. The first-order valence-corrected chi connectivity index (χ1v) is 4.55. The molecule has 13 heavy (non-hydrogen) atoms.